The highest BCUT2D eigenvalue weighted by Gasteiger charge is 2.14. The van der Waals surface area contributed by atoms with E-state index >= 15 is 0 Å². The van der Waals surface area contributed by atoms with E-state index in [1.54, 1.807) is 19.1 Å². The van der Waals surface area contributed by atoms with Crippen molar-refractivity contribution >= 4 is 35.2 Å². The monoisotopic (exact) mass is 407 g/mol. The van der Waals surface area contributed by atoms with E-state index in [1.165, 1.54) is 18.5 Å². The highest BCUT2D eigenvalue weighted by atomic mass is 35.5. The second kappa shape index (κ2) is 11.0. The number of ether oxygens (including phenoxy) is 1. The Labute approximate surface area is 167 Å². The van der Waals surface area contributed by atoms with Gasteiger partial charge in [0.05, 0.1) is 12.3 Å². The first-order valence-electron chi connectivity index (χ1n) is 8.92. The Bertz CT molecular complexity index is 824. The molecule has 28 heavy (non-hydrogen) atoms. The van der Waals surface area contributed by atoms with E-state index in [-0.39, 0.29) is 16.8 Å². The number of pyridine rings is 1. The molecular formula is C18H22ClN5O4. The van der Waals surface area contributed by atoms with Crippen LogP contribution in [0.25, 0.3) is 0 Å². The SMILES string of the molecule is CCOC(=O)CCCCCNC(=O)n1ccc(C(=O)Nc2cccnc2Cl)n1. The van der Waals surface area contributed by atoms with Gasteiger partial charge in [-0.1, -0.05) is 18.0 Å². The Balaban J connectivity index is 1.73. The van der Waals surface area contributed by atoms with Crippen LogP contribution in [0.5, 0.6) is 0 Å². The van der Waals surface area contributed by atoms with E-state index in [0.717, 1.165) is 17.5 Å². The van der Waals surface area contributed by atoms with Crippen molar-refractivity contribution in [2.75, 3.05) is 18.5 Å². The summed E-state index contributed by atoms with van der Waals surface area (Å²) in [6, 6.07) is 4.24. The quantitative estimate of drug-likeness (QED) is 0.375. The van der Waals surface area contributed by atoms with Crippen LogP contribution in [0, 0.1) is 0 Å². The maximum Gasteiger partial charge on any atom is 0.342 e. The van der Waals surface area contributed by atoms with E-state index in [9.17, 15) is 14.4 Å². The molecule has 0 aliphatic rings. The standard InChI is InChI=1S/C18H22ClN5O4/c1-2-28-15(25)8-4-3-5-10-21-18(27)24-12-9-14(23-24)17(26)22-13-7-6-11-20-16(13)19/h6-7,9,11-12H,2-5,8,10H2,1H3,(H,21,27)(H,22,26). The summed E-state index contributed by atoms with van der Waals surface area (Å²) in [5.74, 6) is -0.707. The number of hydrogen-bond donors (Lipinski definition) is 2. The third-order valence-electron chi connectivity index (χ3n) is 3.68. The van der Waals surface area contributed by atoms with Crippen LogP contribution in [0.15, 0.2) is 30.6 Å². The Morgan fingerprint density at radius 2 is 2.04 bits per heavy atom. The average Bonchev–Trinajstić information content (AvgIpc) is 3.17. The van der Waals surface area contributed by atoms with E-state index in [1.807, 2.05) is 0 Å². The zero-order valence-electron chi connectivity index (χ0n) is 15.5. The zero-order chi connectivity index (χ0) is 20.4. The largest absolute Gasteiger partial charge is 0.466 e. The third kappa shape index (κ3) is 6.66. The summed E-state index contributed by atoms with van der Waals surface area (Å²) >= 11 is 5.90. The lowest BCUT2D eigenvalue weighted by atomic mass is 10.2. The summed E-state index contributed by atoms with van der Waals surface area (Å²) in [5.41, 5.74) is 0.431. The molecule has 2 rings (SSSR count). The van der Waals surface area contributed by atoms with E-state index < -0.39 is 11.9 Å². The minimum atomic E-state index is -0.500. The van der Waals surface area contributed by atoms with Crippen LogP contribution in [0.2, 0.25) is 5.15 Å². The summed E-state index contributed by atoms with van der Waals surface area (Å²) in [6.07, 6.45) is 5.50. The average molecular weight is 408 g/mol. The van der Waals surface area contributed by atoms with E-state index in [4.69, 9.17) is 16.3 Å². The van der Waals surface area contributed by atoms with Gasteiger partial charge in [0, 0.05) is 25.4 Å². The van der Waals surface area contributed by atoms with Crippen molar-refractivity contribution in [3.8, 4) is 0 Å². The topological polar surface area (TPSA) is 115 Å². The molecule has 2 heterocycles. The number of anilines is 1. The van der Waals surface area contributed by atoms with Crippen molar-refractivity contribution in [2.45, 2.75) is 32.6 Å². The highest BCUT2D eigenvalue weighted by molar-refractivity contribution is 6.32. The molecule has 2 aromatic rings. The lowest BCUT2D eigenvalue weighted by Crippen LogP contribution is -2.30. The molecule has 0 spiro atoms. The van der Waals surface area contributed by atoms with Gasteiger partial charge in [0.15, 0.2) is 10.8 Å². The molecule has 0 saturated carbocycles. The number of carbonyl (C=O) groups is 3. The fraction of sp³-hybridized carbons (Fsp3) is 0.389. The number of nitrogens with one attached hydrogen (secondary N) is 2. The fourth-order valence-electron chi connectivity index (χ4n) is 2.30. The minimum absolute atomic E-state index is 0.0736. The molecule has 9 nitrogen and oxygen atoms in total. The Hall–Kier alpha value is -2.94. The maximum atomic E-state index is 12.2. The van der Waals surface area contributed by atoms with Crippen LogP contribution in [0.1, 0.15) is 43.1 Å². The zero-order valence-corrected chi connectivity index (χ0v) is 16.2. The number of amides is 2. The van der Waals surface area contributed by atoms with Gasteiger partial charge in [0.25, 0.3) is 5.91 Å². The lowest BCUT2D eigenvalue weighted by molar-refractivity contribution is -0.143. The van der Waals surface area contributed by atoms with Gasteiger partial charge in [-0.25, -0.2) is 9.78 Å². The van der Waals surface area contributed by atoms with Crippen molar-refractivity contribution in [3.05, 3.63) is 41.4 Å². The van der Waals surface area contributed by atoms with Gasteiger partial charge in [-0.2, -0.15) is 9.78 Å². The summed E-state index contributed by atoms with van der Waals surface area (Å²) in [7, 11) is 0. The Morgan fingerprint density at radius 3 is 2.79 bits per heavy atom. The normalized spacial score (nSPS) is 10.4. The number of esters is 1. The van der Waals surface area contributed by atoms with Crippen molar-refractivity contribution in [1.29, 1.82) is 0 Å². The second-order valence-corrected chi connectivity index (χ2v) is 6.15. The van der Waals surface area contributed by atoms with Gasteiger partial charge >= 0.3 is 12.0 Å². The predicted molar refractivity (Wildman–Crippen MR) is 103 cm³/mol. The molecule has 2 aromatic heterocycles. The number of rotatable bonds is 9. The molecule has 0 aliphatic carbocycles. The second-order valence-electron chi connectivity index (χ2n) is 5.79. The van der Waals surface area contributed by atoms with Crippen LogP contribution < -0.4 is 10.6 Å². The Kier molecular flexibility index (Phi) is 8.41. The van der Waals surface area contributed by atoms with E-state index in [2.05, 4.69) is 20.7 Å². The van der Waals surface area contributed by atoms with E-state index in [0.29, 0.717) is 31.7 Å². The van der Waals surface area contributed by atoms with Crippen LogP contribution in [-0.4, -0.2) is 45.8 Å². The summed E-state index contributed by atoms with van der Waals surface area (Å²) in [5, 5.41) is 9.42. The van der Waals surface area contributed by atoms with Gasteiger partial charge in [-0.05, 0) is 38.0 Å². The third-order valence-corrected chi connectivity index (χ3v) is 3.98. The minimum Gasteiger partial charge on any atom is -0.466 e. The van der Waals surface area contributed by atoms with Gasteiger partial charge in [0.2, 0.25) is 0 Å². The fourth-order valence-corrected chi connectivity index (χ4v) is 2.47. The van der Waals surface area contributed by atoms with Crippen LogP contribution in [0.4, 0.5) is 10.5 Å². The summed E-state index contributed by atoms with van der Waals surface area (Å²) in [6.45, 7) is 2.59. The van der Waals surface area contributed by atoms with Gasteiger partial charge < -0.3 is 15.4 Å². The molecule has 0 bridgehead atoms. The molecule has 0 saturated heterocycles. The summed E-state index contributed by atoms with van der Waals surface area (Å²) in [4.78, 5) is 39.3. The molecule has 0 aliphatic heterocycles. The number of aromatic nitrogens is 3. The van der Waals surface area contributed by atoms with Gasteiger partial charge in [-0.3, -0.25) is 9.59 Å². The van der Waals surface area contributed by atoms with Crippen LogP contribution in [0.3, 0.4) is 0 Å². The lowest BCUT2D eigenvalue weighted by Gasteiger charge is -2.05. The first-order valence-corrected chi connectivity index (χ1v) is 9.30. The maximum absolute atomic E-state index is 12.2. The number of nitrogens with zero attached hydrogens (tertiary/aromatic N) is 3. The Morgan fingerprint density at radius 1 is 1.21 bits per heavy atom. The summed E-state index contributed by atoms with van der Waals surface area (Å²) < 4.78 is 5.90. The smallest absolute Gasteiger partial charge is 0.342 e. The molecule has 0 radical (unpaired) electrons. The molecular weight excluding hydrogens is 386 g/mol. The molecule has 2 amide bonds. The molecule has 2 N–H and O–H groups in total. The molecule has 10 heteroatoms. The van der Waals surface area contributed by atoms with Crippen molar-refractivity contribution < 1.29 is 19.1 Å². The van der Waals surface area contributed by atoms with Crippen molar-refractivity contribution in [2.24, 2.45) is 0 Å². The number of unbranched alkanes of at least 4 members (excludes halogenated alkanes) is 2. The van der Waals surface area contributed by atoms with Crippen LogP contribution >= 0.6 is 11.6 Å². The molecule has 150 valence electrons. The predicted octanol–water partition coefficient (Wildman–Crippen LogP) is 2.87. The molecule has 0 aromatic carbocycles. The van der Waals surface area contributed by atoms with Gasteiger partial charge in [-0.15, -0.1) is 0 Å². The first-order chi connectivity index (χ1) is 13.5. The number of hydrogen-bond acceptors (Lipinski definition) is 6. The number of carbonyl (C=O) groups excluding carboxylic acids is 3. The van der Waals surface area contributed by atoms with Crippen molar-refractivity contribution in [3.63, 3.8) is 0 Å². The molecule has 0 atom stereocenters. The van der Waals surface area contributed by atoms with Gasteiger partial charge in [0.1, 0.15) is 0 Å². The van der Waals surface area contributed by atoms with Crippen LogP contribution in [-0.2, 0) is 9.53 Å². The van der Waals surface area contributed by atoms with Crippen molar-refractivity contribution in [1.82, 2.24) is 20.1 Å². The molecule has 0 unspecified atom stereocenters. The molecule has 0 fully saturated rings. The highest BCUT2D eigenvalue weighted by Crippen LogP contribution is 2.18. The number of halogens is 1. The first kappa shape index (κ1) is 21.4.